The third-order valence-electron chi connectivity index (χ3n) is 2.89. The zero-order valence-electron chi connectivity index (χ0n) is 9.27. The first-order chi connectivity index (χ1) is 8.00. The number of aromatic nitrogens is 2. The predicted molar refractivity (Wildman–Crippen MR) is 56.6 cm³/mol. The largest absolute Gasteiger partial charge is 0.492 e. The number of hydrogen-bond donors (Lipinski definition) is 2. The van der Waals surface area contributed by atoms with Crippen molar-refractivity contribution in [3.05, 3.63) is 26.7 Å². The van der Waals surface area contributed by atoms with Gasteiger partial charge in [0.25, 0.3) is 5.56 Å². The maximum absolute atomic E-state index is 13.2. The molecule has 94 valence electrons. The second kappa shape index (κ2) is 4.33. The van der Waals surface area contributed by atoms with Crippen molar-refractivity contribution in [2.45, 2.75) is 31.9 Å². The Bertz CT molecular complexity index is 536. The maximum Gasteiger partial charge on any atom is 0.331 e. The molecule has 0 amide bonds. The summed E-state index contributed by atoms with van der Waals surface area (Å²) in [5, 5.41) is 9.52. The van der Waals surface area contributed by atoms with Crippen LogP contribution < -0.4 is 11.2 Å². The van der Waals surface area contributed by atoms with Gasteiger partial charge in [-0.15, -0.1) is 0 Å². The fraction of sp³-hybridized carbons (Fsp3) is 0.600. The van der Waals surface area contributed by atoms with E-state index in [-0.39, 0.29) is 12.1 Å². The second-order valence-corrected chi connectivity index (χ2v) is 4.13. The molecule has 1 saturated heterocycles. The molecule has 2 N–H and O–H groups in total. The molecule has 2 rings (SSSR count). The van der Waals surface area contributed by atoms with Crippen LogP contribution in [0.1, 0.15) is 25.8 Å². The minimum absolute atomic E-state index is 0.0740. The fourth-order valence-electron chi connectivity index (χ4n) is 2.06. The van der Waals surface area contributed by atoms with E-state index in [0.29, 0.717) is 19.4 Å². The molecular formula is C10H13FN2O4. The van der Waals surface area contributed by atoms with E-state index >= 15 is 0 Å². The number of aromatic hydroxyl groups is 1. The van der Waals surface area contributed by atoms with Gasteiger partial charge in [-0.3, -0.25) is 14.3 Å². The van der Waals surface area contributed by atoms with Crippen molar-refractivity contribution in [1.82, 2.24) is 9.55 Å². The molecule has 1 aliphatic rings. The van der Waals surface area contributed by atoms with Crippen LogP contribution in [0.4, 0.5) is 4.39 Å². The Morgan fingerprint density at radius 2 is 2.24 bits per heavy atom. The Morgan fingerprint density at radius 1 is 1.53 bits per heavy atom. The van der Waals surface area contributed by atoms with Crippen LogP contribution in [0.15, 0.2) is 9.59 Å². The summed E-state index contributed by atoms with van der Waals surface area (Å²) in [4.78, 5) is 24.3. The molecule has 1 aromatic heterocycles. The van der Waals surface area contributed by atoms with Gasteiger partial charge in [0, 0.05) is 12.6 Å². The fourth-order valence-corrected chi connectivity index (χ4v) is 2.06. The van der Waals surface area contributed by atoms with Gasteiger partial charge >= 0.3 is 5.69 Å². The summed E-state index contributed by atoms with van der Waals surface area (Å²) in [6.07, 6.45) is 0.900. The van der Waals surface area contributed by atoms with Crippen molar-refractivity contribution in [2.24, 2.45) is 0 Å². The van der Waals surface area contributed by atoms with Crippen LogP contribution in [-0.4, -0.2) is 27.4 Å². The van der Waals surface area contributed by atoms with E-state index in [9.17, 15) is 19.1 Å². The van der Waals surface area contributed by atoms with Gasteiger partial charge in [0.05, 0.1) is 6.10 Å². The first kappa shape index (κ1) is 11.8. The normalized spacial score (nSPS) is 24.8. The Kier molecular flexibility index (Phi) is 3.01. The minimum atomic E-state index is -1.33. The molecule has 17 heavy (non-hydrogen) atoms. The third kappa shape index (κ3) is 2.10. The average molecular weight is 244 g/mol. The lowest BCUT2D eigenvalue weighted by molar-refractivity contribution is 0.00329. The standard InChI is InChI=1S/C10H13FN2O4/c1-5-4-6(2-3-17-5)13-9(15)7(11)8(14)12-10(13)16/h5-6,15H,2-4H2,1H3,(H,12,14,16). The van der Waals surface area contributed by atoms with Crippen molar-refractivity contribution < 1.29 is 14.2 Å². The molecule has 7 heteroatoms. The number of ether oxygens (including phenoxy) is 1. The molecule has 0 aliphatic carbocycles. The molecule has 0 spiro atoms. The summed E-state index contributed by atoms with van der Waals surface area (Å²) in [6, 6.07) is -0.363. The summed E-state index contributed by atoms with van der Waals surface area (Å²) in [7, 11) is 0. The molecule has 1 aromatic rings. The Labute approximate surface area is 95.7 Å². The highest BCUT2D eigenvalue weighted by molar-refractivity contribution is 5.11. The molecule has 2 heterocycles. The quantitative estimate of drug-likeness (QED) is 0.735. The molecule has 0 bridgehead atoms. The van der Waals surface area contributed by atoms with Crippen LogP contribution in [0.2, 0.25) is 0 Å². The minimum Gasteiger partial charge on any atom is -0.492 e. The van der Waals surface area contributed by atoms with Crippen LogP contribution >= 0.6 is 0 Å². The van der Waals surface area contributed by atoms with E-state index in [1.165, 1.54) is 0 Å². The molecule has 1 aliphatic heterocycles. The molecule has 1 fully saturated rings. The van der Waals surface area contributed by atoms with Gasteiger partial charge in [0.15, 0.2) is 0 Å². The first-order valence-electron chi connectivity index (χ1n) is 5.35. The van der Waals surface area contributed by atoms with Crippen LogP contribution in [0, 0.1) is 5.82 Å². The van der Waals surface area contributed by atoms with E-state index in [1.807, 2.05) is 11.9 Å². The van der Waals surface area contributed by atoms with Crippen LogP contribution in [-0.2, 0) is 4.74 Å². The van der Waals surface area contributed by atoms with Gasteiger partial charge in [-0.2, -0.15) is 4.39 Å². The summed E-state index contributed by atoms with van der Waals surface area (Å²) in [5.41, 5.74) is -2.00. The van der Waals surface area contributed by atoms with Gasteiger partial charge < -0.3 is 9.84 Å². The summed E-state index contributed by atoms with van der Waals surface area (Å²) in [5.74, 6) is -2.23. The monoisotopic (exact) mass is 244 g/mol. The van der Waals surface area contributed by atoms with Crippen molar-refractivity contribution in [3.8, 4) is 5.88 Å². The smallest absolute Gasteiger partial charge is 0.331 e. The highest BCUT2D eigenvalue weighted by Crippen LogP contribution is 2.26. The van der Waals surface area contributed by atoms with E-state index in [4.69, 9.17) is 4.74 Å². The van der Waals surface area contributed by atoms with Crippen molar-refractivity contribution in [3.63, 3.8) is 0 Å². The average Bonchev–Trinajstić information content (AvgIpc) is 2.26. The lowest BCUT2D eigenvalue weighted by Crippen LogP contribution is -2.37. The topological polar surface area (TPSA) is 84.3 Å². The van der Waals surface area contributed by atoms with Gasteiger partial charge in [0.2, 0.25) is 11.7 Å². The predicted octanol–water partition coefficient (Wildman–Crippen LogP) is 0.121. The highest BCUT2D eigenvalue weighted by atomic mass is 19.1. The number of hydrogen-bond acceptors (Lipinski definition) is 4. The highest BCUT2D eigenvalue weighted by Gasteiger charge is 2.26. The third-order valence-corrected chi connectivity index (χ3v) is 2.89. The first-order valence-corrected chi connectivity index (χ1v) is 5.35. The molecule has 2 atom stereocenters. The van der Waals surface area contributed by atoms with E-state index in [2.05, 4.69) is 0 Å². The van der Waals surface area contributed by atoms with Gasteiger partial charge in [0.1, 0.15) is 0 Å². The van der Waals surface area contributed by atoms with Gasteiger partial charge in [-0.05, 0) is 19.8 Å². The van der Waals surface area contributed by atoms with Crippen molar-refractivity contribution >= 4 is 0 Å². The number of rotatable bonds is 1. The summed E-state index contributed by atoms with van der Waals surface area (Å²) in [6.45, 7) is 2.26. The Balaban J connectivity index is 2.48. The van der Waals surface area contributed by atoms with Crippen LogP contribution in [0.25, 0.3) is 0 Å². The Morgan fingerprint density at radius 3 is 2.88 bits per heavy atom. The molecule has 6 nitrogen and oxygen atoms in total. The van der Waals surface area contributed by atoms with Gasteiger partial charge in [-0.1, -0.05) is 0 Å². The van der Waals surface area contributed by atoms with Crippen LogP contribution in [0.3, 0.4) is 0 Å². The Hall–Kier alpha value is -1.63. The number of nitrogens with zero attached hydrogens (tertiary/aromatic N) is 1. The maximum atomic E-state index is 13.2. The molecule has 2 unspecified atom stereocenters. The number of halogens is 1. The number of nitrogens with one attached hydrogen (secondary N) is 1. The van der Waals surface area contributed by atoms with Gasteiger partial charge in [-0.25, -0.2) is 4.79 Å². The molecule has 0 radical (unpaired) electrons. The molecule has 0 saturated carbocycles. The zero-order chi connectivity index (χ0) is 12.6. The zero-order valence-corrected chi connectivity index (χ0v) is 9.27. The second-order valence-electron chi connectivity index (χ2n) is 4.13. The molecule has 0 aromatic carbocycles. The SMILES string of the molecule is CC1CC(n2c(O)c(F)c(=O)[nH]c2=O)CCO1. The molecular weight excluding hydrogens is 231 g/mol. The van der Waals surface area contributed by atoms with Crippen molar-refractivity contribution in [2.75, 3.05) is 6.61 Å². The lowest BCUT2D eigenvalue weighted by atomic mass is 10.0. The van der Waals surface area contributed by atoms with Crippen molar-refractivity contribution in [1.29, 1.82) is 0 Å². The van der Waals surface area contributed by atoms with E-state index in [0.717, 1.165) is 4.57 Å². The van der Waals surface area contributed by atoms with E-state index < -0.39 is 22.9 Å². The summed E-state index contributed by atoms with van der Waals surface area (Å²) < 4.78 is 19.4. The number of aromatic amines is 1. The summed E-state index contributed by atoms with van der Waals surface area (Å²) >= 11 is 0. The van der Waals surface area contributed by atoms with Crippen LogP contribution in [0.5, 0.6) is 5.88 Å². The number of H-pyrrole nitrogens is 1. The van der Waals surface area contributed by atoms with E-state index in [1.54, 1.807) is 0 Å². The lowest BCUT2D eigenvalue weighted by Gasteiger charge is -2.28.